The van der Waals surface area contributed by atoms with Crippen LogP contribution in [-0.4, -0.2) is 0 Å². The first kappa shape index (κ1) is 12.0. The molecule has 0 unspecified atom stereocenters. The van der Waals surface area contributed by atoms with Crippen molar-refractivity contribution < 1.29 is 0 Å². The van der Waals surface area contributed by atoms with Crippen molar-refractivity contribution in [3.63, 3.8) is 0 Å². The lowest BCUT2D eigenvalue weighted by molar-refractivity contribution is 1.33. The molecule has 0 aromatic rings. The molecule has 0 radical (unpaired) electrons. The third kappa shape index (κ3) is 6.15. The summed E-state index contributed by atoms with van der Waals surface area (Å²) in [6.45, 7) is 10.5. The average molecular weight is 176 g/mol. The molecular formula is C13H20. The monoisotopic (exact) mass is 176 g/mol. The molecular weight excluding hydrogens is 156 g/mol. The maximum absolute atomic E-state index is 2.16. The third-order valence-electron chi connectivity index (χ3n) is 1.83. The average Bonchev–Trinajstić information content (AvgIpc) is 2.10. The van der Waals surface area contributed by atoms with Gasteiger partial charge in [0.25, 0.3) is 0 Å². The maximum atomic E-state index is 2.16. The molecule has 0 atom stereocenters. The van der Waals surface area contributed by atoms with E-state index in [4.69, 9.17) is 0 Å². The van der Waals surface area contributed by atoms with Crippen LogP contribution >= 0.6 is 0 Å². The Bertz CT molecular complexity index is 256. The van der Waals surface area contributed by atoms with E-state index < -0.39 is 0 Å². The van der Waals surface area contributed by atoms with E-state index in [-0.39, 0.29) is 0 Å². The zero-order valence-electron chi connectivity index (χ0n) is 9.39. The van der Waals surface area contributed by atoms with Crippen molar-refractivity contribution in [3.05, 3.63) is 47.1 Å². The lowest BCUT2D eigenvalue weighted by Gasteiger charge is -1.97. The minimum absolute atomic E-state index is 1.32. The van der Waals surface area contributed by atoms with Crippen LogP contribution < -0.4 is 0 Å². The molecule has 0 nitrogen and oxygen atoms in total. The Morgan fingerprint density at radius 2 is 1.31 bits per heavy atom. The van der Waals surface area contributed by atoms with Crippen LogP contribution in [0.2, 0.25) is 0 Å². The van der Waals surface area contributed by atoms with Gasteiger partial charge in [0.05, 0.1) is 0 Å². The summed E-state index contributed by atoms with van der Waals surface area (Å²) in [5.41, 5.74) is 3.97. The van der Waals surface area contributed by atoms with Gasteiger partial charge in [-0.1, -0.05) is 36.0 Å². The van der Waals surface area contributed by atoms with Crippen molar-refractivity contribution in [2.24, 2.45) is 0 Å². The van der Waals surface area contributed by atoms with Crippen LogP contribution in [-0.2, 0) is 0 Å². The molecule has 13 heavy (non-hydrogen) atoms. The highest BCUT2D eigenvalue weighted by Gasteiger charge is 1.88. The van der Waals surface area contributed by atoms with Crippen LogP contribution in [0.3, 0.4) is 0 Å². The molecule has 0 aliphatic carbocycles. The Kier molecular flexibility index (Phi) is 5.96. The van der Waals surface area contributed by atoms with E-state index in [9.17, 15) is 0 Å². The number of hydrogen-bond donors (Lipinski definition) is 0. The van der Waals surface area contributed by atoms with Gasteiger partial charge in [-0.25, -0.2) is 0 Å². The topological polar surface area (TPSA) is 0 Å². The van der Waals surface area contributed by atoms with Crippen molar-refractivity contribution in [2.75, 3.05) is 0 Å². The molecule has 0 rings (SSSR count). The Hall–Kier alpha value is -1.04. The predicted octanol–water partition coefficient (Wildman–Crippen LogP) is 4.42. The molecule has 0 amide bonds. The Morgan fingerprint density at radius 1 is 0.769 bits per heavy atom. The molecule has 0 bridgehead atoms. The van der Waals surface area contributed by atoms with Gasteiger partial charge >= 0.3 is 0 Å². The van der Waals surface area contributed by atoms with E-state index in [1.165, 1.54) is 16.7 Å². The van der Waals surface area contributed by atoms with Crippen LogP contribution in [0, 0.1) is 0 Å². The van der Waals surface area contributed by atoms with E-state index in [1.54, 1.807) is 0 Å². The fraction of sp³-hybridized carbons (Fsp3) is 0.385. The summed E-state index contributed by atoms with van der Waals surface area (Å²) in [6.07, 6.45) is 10.5. The Balaban J connectivity index is 4.50. The normalized spacial score (nSPS) is 13.6. The minimum Gasteiger partial charge on any atom is -0.0877 e. The first-order valence-electron chi connectivity index (χ1n) is 4.69. The number of allylic oxidation sites excluding steroid dienone is 8. The fourth-order valence-corrected chi connectivity index (χ4v) is 0.795. The SMILES string of the molecule is C\C=C/C=C(C)/C(C)=C/C=C(C)C. The summed E-state index contributed by atoms with van der Waals surface area (Å²) < 4.78 is 0. The summed E-state index contributed by atoms with van der Waals surface area (Å²) >= 11 is 0. The van der Waals surface area contributed by atoms with Gasteiger partial charge in [-0.2, -0.15) is 0 Å². The third-order valence-corrected chi connectivity index (χ3v) is 1.83. The second-order valence-electron chi connectivity index (χ2n) is 3.47. The maximum Gasteiger partial charge on any atom is -0.0395 e. The zero-order valence-corrected chi connectivity index (χ0v) is 9.39. The van der Waals surface area contributed by atoms with Crippen molar-refractivity contribution in [1.29, 1.82) is 0 Å². The van der Waals surface area contributed by atoms with Crippen molar-refractivity contribution in [3.8, 4) is 0 Å². The van der Waals surface area contributed by atoms with Crippen molar-refractivity contribution in [2.45, 2.75) is 34.6 Å². The first-order chi connectivity index (χ1) is 6.07. The van der Waals surface area contributed by atoms with Gasteiger partial charge < -0.3 is 0 Å². The van der Waals surface area contributed by atoms with Gasteiger partial charge in [0.15, 0.2) is 0 Å². The first-order valence-corrected chi connectivity index (χ1v) is 4.69. The van der Waals surface area contributed by atoms with E-state index in [1.807, 2.05) is 13.0 Å². The van der Waals surface area contributed by atoms with Crippen molar-refractivity contribution in [1.82, 2.24) is 0 Å². The predicted molar refractivity (Wildman–Crippen MR) is 61.8 cm³/mol. The van der Waals surface area contributed by atoms with E-state index in [0.717, 1.165) is 0 Å². The van der Waals surface area contributed by atoms with Crippen LogP contribution in [0.1, 0.15) is 34.6 Å². The van der Waals surface area contributed by atoms with Crippen LogP contribution in [0.25, 0.3) is 0 Å². The lowest BCUT2D eigenvalue weighted by Crippen LogP contribution is -1.77. The Morgan fingerprint density at radius 3 is 1.77 bits per heavy atom. The molecule has 0 aromatic heterocycles. The van der Waals surface area contributed by atoms with Crippen LogP contribution in [0.5, 0.6) is 0 Å². The Labute approximate surface area is 82.4 Å². The van der Waals surface area contributed by atoms with Gasteiger partial charge in [-0.3, -0.25) is 0 Å². The zero-order chi connectivity index (χ0) is 10.3. The molecule has 0 heteroatoms. The number of hydrogen-bond acceptors (Lipinski definition) is 0. The van der Waals surface area contributed by atoms with Gasteiger partial charge in [0.2, 0.25) is 0 Å². The molecule has 0 spiro atoms. The second kappa shape index (κ2) is 6.47. The molecule has 0 heterocycles. The highest BCUT2D eigenvalue weighted by Crippen LogP contribution is 2.08. The van der Waals surface area contributed by atoms with Crippen LogP contribution in [0.15, 0.2) is 47.1 Å². The molecule has 0 saturated carbocycles. The summed E-state index contributed by atoms with van der Waals surface area (Å²) in [5, 5.41) is 0. The van der Waals surface area contributed by atoms with Gasteiger partial charge in [-0.15, -0.1) is 0 Å². The minimum atomic E-state index is 1.32. The standard InChI is InChI=1S/C13H20/c1-6-7-8-12(4)13(5)10-9-11(2)3/h6-10H,1-5H3/b7-6-,12-8+,13-10+. The summed E-state index contributed by atoms with van der Waals surface area (Å²) in [6, 6.07) is 0. The largest absolute Gasteiger partial charge is 0.0877 e. The van der Waals surface area contributed by atoms with Gasteiger partial charge in [0, 0.05) is 0 Å². The van der Waals surface area contributed by atoms with Gasteiger partial charge in [0.1, 0.15) is 0 Å². The van der Waals surface area contributed by atoms with Crippen molar-refractivity contribution >= 4 is 0 Å². The summed E-state index contributed by atoms with van der Waals surface area (Å²) in [5.74, 6) is 0. The smallest absolute Gasteiger partial charge is 0.0395 e. The lowest BCUT2D eigenvalue weighted by atomic mass is 10.1. The number of rotatable bonds is 3. The molecule has 0 aliphatic heterocycles. The van der Waals surface area contributed by atoms with E-state index in [0.29, 0.717) is 0 Å². The second-order valence-corrected chi connectivity index (χ2v) is 3.47. The van der Waals surface area contributed by atoms with E-state index >= 15 is 0 Å². The summed E-state index contributed by atoms with van der Waals surface area (Å²) in [4.78, 5) is 0. The summed E-state index contributed by atoms with van der Waals surface area (Å²) in [7, 11) is 0. The van der Waals surface area contributed by atoms with Gasteiger partial charge in [-0.05, 0) is 45.8 Å². The molecule has 0 N–H and O–H groups in total. The van der Waals surface area contributed by atoms with Crippen LogP contribution in [0.4, 0.5) is 0 Å². The molecule has 0 fully saturated rings. The van der Waals surface area contributed by atoms with E-state index in [2.05, 4.69) is 52.0 Å². The highest BCUT2D eigenvalue weighted by molar-refractivity contribution is 5.33. The highest BCUT2D eigenvalue weighted by atomic mass is 13.9. The quantitative estimate of drug-likeness (QED) is 0.558. The molecule has 72 valence electrons. The molecule has 0 aliphatic rings. The molecule has 0 aromatic carbocycles. The molecule has 0 saturated heterocycles. The fourth-order valence-electron chi connectivity index (χ4n) is 0.795.